The first-order valence-electron chi connectivity index (χ1n) is 12.8. The molecule has 4 heteroatoms. The van der Waals surface area contributed by atoms with Crippen molar-refractivity contribution in [2.24, 2.45) is 0 Å². The molecule has 0 nitrogen and oxygen atoms in total. The third-order valence-electron chi connectivity index (χ3n) is 6.09. The Morgan fingerprint density at radius 1 is 0.225 bits per heavy atom. The van der Waals surface area contributed by atoms with Crippen molar-refractivity contribution >= 4 is 60.1 Å². The Balaban J connectivity index is 0.000000210. The molecular formula is C36H31ClNiP2. The van der Waals surface area contributed by atoms with E-state index in [0.29, 0.717) is 0 Å². The fourth-order valence-corrected chi connectivity index (χ4v) is 8.97. The van der Waals surface area contributed by atoms with Gasteiger partial charge < -0.3 is 0 Å². The van der Waals surface area contributed by atoms with Gasteiger partial charge >= 0.3 is 0 Å². The summed E-state index contributed by atoms with van der Waals surface area (Å²) in [5.74, 6) is 0. The summed E-state index contributed by atoms with van der Waals surface area (Å²) in [7, 11) is -0.892. The van der Waals surface area contributed by atoms with Crippen molar-refractivity contribution in [3.8, 4) is 0 Å². The molecule has 0 aliphatic heterocycles. The van der Waals surface area contributed by atoms with Gasteiger partial charge in [0.2, 0.25) is 0 Å². The summed E-state index contributed by atoms with van der Waals surface area (Å²) in [6.45, 7) is 0. The van der Waals surface area contributed by atoms with Crippen LogP contribution in [0.3, 0.4) is 0 Å². The van der Waals surface area contributed by atoms with Crippen LogP contribution in [0, 0.1) is 0 Å². The molecular weight excluding hydrogens is 588 g/mol. The molecule has 40 heavy (non-hydrogen) atoms. The Morgan fingerprint density at radius 3 is 0.475 bits per heavy atom. The molecule has 0 saturated heterocycles. The van der Waals surface area contributed by atoms with Crippen molar-refractivity contribution < 1.29 is 16.5 Å². The zero-order valence-corrected chi connectivity index (χ0v) is 25.5. The fourth-order valence-electron chi connectivity index (χ4n) is 4.36. The van der Waals surface area contributed by atoms with Gasteiger partial charge in [0.05, 0.1) is 0 Å². The zero-order valence-electron chi connectivity index (χ0n) is 21.9. The van der Waals surface area contributed by atoms with E-state index < -0.39 is 15.8 Å². The average Bonchev–Trinajstić information content (AvgIpc) is 3.01. The summed E-state index contributed by atoms with van der Waals surface area (Å²) in [6.07, 6.45) is 0. The molecule has 0 fully saturated rings. The summed E-state index contributed by atoms with van der Waals surface area (Å²) < 4.78 is 0. The molecule has 0 amide bonds. The van der Waals surface area contributed by atoms with Gasteiger partial charge in [-0.3, -0.25) is 0 Å². The van der Waals surface area contributed by atoms with Crippen molar-refractivity contribution in [3.63, 3.8) is 0 Å². The van der Waals surface area contributed by atoms with Crippen LogP contribution in [0.2, 0.25) is 0 Å². The van der Waals surface area contributed by atoms with Crippen LogP contribution in [0.25, 0.3) is 0 Å². The van der Waals surface area contributed by atoms with Crippen LogP contribution in [-0.2, 0) is 16.5 Å². The first-order chi connectivity index (χ1) is 18.9. The van der Waals surface area contributed by atoms with Crippen LogP contribution >= 0.6 is 28.3 Å². The Kier molecular flexibility index (Phi) is 13.3. The number of hydrogen-bond acceptors (Lipinski definition) is 0. The molecule has 0 aliphatic carbocycles. The van der Waals surface area contributed by atoms with E-state index in [-0.39, 0.29) is 28.9 Å². The van der Waals surface area contributed by atoms with Gasteiger partial charge in [-0.15, -0.1) is 12.4 Å². The van der Waals surface area contributed by atoms with Gasteiger partial charge in [-0.05, 0) is 47.7 Å². The molecule has 0 unspecified atom stereocenters. The average molecular weight is 620 g/mol. The minimum absolute atomic E-state index is 0. The van der Waals surface area contributed by atoms with Crippen LogP contribution in [0.5, 0.6) is 0 Å². The summed E-state index contributed by atoms with van der Waals surface area (Å²) in [5, 5.41) is 8.39. The van der Waals surface area contributed by atoms with E-state index in [0.717, 1.165) is 0 Å². The summed E-state index contributed by atoms with van der Waals surface area (Å²) in [4.78, 5) is 0. The smallest absolute Gasteiger partial charge is 0 e. The van der Waals surface area contributed by atoms with Crippen molar-refractivity contribution in [3.05, 3.63) is 182 Å². The van der Waals surface area contributed by atoms with Crippen molar-refractivity contribution in [1.29, 1.82) is 0 Å². The Labute approximate surface area is 257 Å². The number of halogens is 1. The Hall–Kier alpha value is -3.04. The molecule has 0 aliphatic rings. The quantitative estimate of drug-likeness (QED) is 0.136. The molecule has 202 valence electrons. The SMILES string of the molecule is Cl.[Ni].c1ccc(P(c2ccccc2)c2ccccc2)cc1.c1ccc(P(c2ccccc2)c2ccccc2)cc1. The van der Waals surface area contributed by atoms with Crippen molar-refractivity contribution in [2.75, 3.05) is 0 Å². The van der Waals surface area contributed by atoms with Gasteiger partial charge in [-0.1, -0.05) is 182 Å². The van der Waals surface area contributed by atoms with E-state index in [1.807, 2.05) is 0 Å². The van der Waals surface area contributed by atoms with Gasteiger partial charge in [-0.25, -0.2) is 0 Å². The molecule has 0 aromatic heterocycles. The summed E-state index contributed by atoms with van der Waals surface area (Å²) in [6, 6.07) is 64.7. The van der Waals surface area contributed by atoms with Crippen LogP contribution in [0.1, 0.15) is 0 Å². The fraction of sp³-hybridized carbons (Fsp3) is 0. The van der Waals surface area contributed by atoms with Crippen molar-refractivity contribution in [2.45, 2.75) is 0 Å². The van der Waals surface area contributed by atoms with Crippen LogP contribution in [-0.4, -0.2) is 0 Å². The Morgan fingerprint density at radius 2 is 0.350 bits per heavy atom. The van der Waals surface area contributed by atoms with E-state index in [4.69, 9.17) is 0 Å². The largest absolute Gasteiger partial charge is 0.147 e. The first-order valence-corrected chi connectivity index (χ1v) is 15.5. The van der Waals surface area contributed by atoms with E-state index in [1.165, 1.54) is 31.8 Å². The van der Waals surface area contributed by atoms with Gasteiger partial charge in [0.25, 0.3) is 0 Å². The standard InChI is InChI=1S/2C18H15P.ClH.Ni/c2*1-4-10-16(11-5-1)19(17-12-6-2-7-13-17)18-14-8-3-9-15-18;;/h2*1-15H;1H;. The molecule has 6 aromatic rings. The number of benzene rings is 6. The van der Waals surface area contributed by atoms with Gasteiger partial charge in [-0.2, -0.15) is 0 Å². The molecule has 0 radical (unpaired) electrons. The number of hydrogen-bond donors (Lipinski definition) is 0. The molecule has 0 N–H and O–H groups in total. The molecule has 0 spiro atoms. The minimum Gasteiger partial charge on any atom is -0.147 e. The maximum atomic E-state index is 2.23. The molecule has 0 saturated carbocycles. The normalized spacial score (nSPS) is 10.1. The van der Waals surface area contributed by atoms with Crippen LogP contribution in [0.4, 0.5) is 0 Å². The zero-order chi connectivity index (χ0) is 25.8. The van der Waals surface area contributed by atoms with E-state index in [1.54, 1.807) is 0 Å². The second kappa shape index (κ2) is 16.9. The second-order valence-corrected chi connectivity index (χ2v) is 13.1. The molecule has 6 aromatic carbocycles. The maximum Gasteiger partial charge on any atom is 0 e. The topological polar surface area (TPSA) is 0 Å². The summed E-state index contributed by atoms with van der Waals surface area (Å²) >= 11 is 0. The monoisotopic (exact) mass is 618 g/mol. The predicted octanol–water partition coefficient (Wildman–Crippen LogP) is 7.31. The molecule has 0 bridgehead atoms. The van der Waals surface area contributed by atoms with E-state index in [2.05, 4.69) is 182 Å². The van der Waals surface area contributed by atoms with Crippen LogP contribution < -0.4 is 31.8 Å². The van der Waals surface area contributed by atoms with Crippen molar-refractivity contribution in [1.82, 2.24) is 0 Å². The number of rotatable bonds is 6. The summed E-state index contributed by atoms with van der Waals surface area (Å²) in [5.41, 5.74) is 0. The first kappa shape index (κ1) is 31.5. The third-order valence-corrected chi connectivity index (χ3v) is 11.0. The predicted molar refractivity (Wildman–Crippen MR) is 178 cm³/mol. The second-order valence-electron chi connectivity index (χ2n) is 8.68. The van der Waals surface area contributed by atoms with Gasteiger partial charge in [0.1, 0.15) is 0 Å². The third kappa shape index (κ3) is 8.48. The van der Waals surface area contributed by atoms with Gasteiger partial charge in [0, 0.05) is 16.5 Å². The molecule has 0 heterocycles. The Bertz CT molecular complexity index is 1180. The minimum atomic E-state index is -0.446. The molecule has 0 atom stereocenters. The maximum absolute atomic E-state index is 2.23. The van der Waals surface area contributed by atoms with E-state index >= 15 is 0 Å². The molecule has 6 rings (SSSR count). The van der Waals surface area contributed by atoms with Gasteiger partial charge in [0.15, 0.2) is 0 Å². The van der Waals surface area contributed by atoms with E-state index in [9.17, 15) is 0 Å². The van der Waals surface area contributed by atoms with Crippen LogP contribution in [0.15, 0.2) is 182 Å².